The molecular formula is C12H15N3O4S. The Bertz CT molecular complexity index is 600. The van der Waals surface area contributed by atoms with Crippen LogP contribution in [-0.2, 0) is 14.6 Å². The van der Waals surface area contributed by atoms with Crippen LogP contribution in [0.2, 0.25) is 0 Å². The molecule has 0 saturated carbocycles. The van der Waals surface area contributed by atoms with E-state index in [1.54, 1.807) is 12.1 Å². The second-order valence-electron chi connectivity index (χ2n) is 4.69. The number of hydrogen-bond donors (Lipinski definition) is 2. The second-order valence-corrected chi connectivity index (χ2v) is 6.92. The van der Waals surface area contributed by atoms with E-state index in [4.69, 9.17) is 0 Å². The molecule has 0 unspecified atom stereocenters. The van der Waals surface area contributed by atoms with Crippen molar-refractivity contribution >= 4 is 21.7 Å². The lowest BCUT2D eigenvalue weighted by molar-refractivity contribution is -0.122. The van der Waals surface area contributed by atoms with Crippen molar-refractivity contribution in [2.45, 2.75) is 12.8 Å². The normalized spacial score (nSPS) is 20.3. The predicted molar refractivity (Wildman–Crippen MR) is 71.2 cm³/mol. The van der Waals surface area contributed by atoms with Crippen LogP contribution in [0.25, 0.3) is 0 Å². The van der Waals surface area contributed by atoms with E-state index >= 15 is 0 Å². The van der Waals surface area contributed by atoms with Gasteiger partial charge in [0.05, 0.1) is 11.5 Å². The number of pyridine rings is 1. The van der Waals surface area contributed by atoms with Gasteiger partial charge in [-0.2, -0.15) is 0 Å². The minimum absolute atomic E-state index is 0.0363. The lowest BCUT2D eigenvalue weighted by atomic mass is 10.1. The third kappa shape index (κ3) is 4.02. The third-order valence-electron chi connectivity index (χ3n) is 3.01. The number of carbonyl (C=O) groups is 2. The fraction of sp³-hybridized carbons (Fsp3) is 0.417. The van der Waals surface area contributed by atoms with Crippen LogP contribution in [0, 0.1) is 5.92 Å². The number of sulfone groups is 1. The summed E-state index contributed by atoms with van der Waals surface area (Å²) >= 11 is 0. The first-order valence-electron chi connectivity index (χ1n) is 6.17. The molecule has 0 spiro atoms. The number of hydrogen-bond acceptors (Lipinski definition) is 5. The Morgan fingerprint density at radius 3 is 2.70 bits per heavy atom. The molecule has 2 rings (SSSR count). The molecule has 0 aliphatic carbocycles. The Morgan fingerprint density at radius 2 is 2.10 bits per heavy atom. The number of amides is 2. The van der Waals surface area contributed by atoms with Crippen LogP contribution in [-0.4, -0.2) is 36.7 Å². The SMILES string of the molecule is O=C(C[C@@H]1CCS(=O)(=O)C1)NNC(=O)c1ccccn1. The largest absolute Gasteiger partial charge is 0.288 e. The van der Waals surface area contributed by atoms with Gasteiger partial charge in [0, 0.05) is 12.6 Å². The quantitative estimate of drug-likeness (QED) is 0.743. The van der Waals surface area contributed by atoms with Gasteiger partial charge in [-0.25, -0.2) is 8.42 Å². The Hall–Kier alpha value is -1.96. The highest BCUT2D eigenvalue weighted by Gasteiger charge is 2.29. The maximum atomic E-state index is 11.6. The zero-order valence-electron chi connectivity index (χ0n) is 10.7. The van der Waals surface area contributed by atoms with Gasteiger partial charge in [0.15, 0.2) is 9.84 Å². The van der Waals surface area contributed by atoms with Gasteiger partial charge in [-0.15, -0.1) is 0 Å². The van der Waals surface area contributed by atoms with Crippen molar-refractivity contribution < 1.29 is 18.0 Å². The van der Waals surface area contributed by atoms with E-state index in [1.165, 1.54) is 12.3 Å². The van der Waals surface area contributed by atoms with Crippen LogP contribution in [0.1, 0.15) is 23.3 Å². The van der Waals surface area contributed by atoms with Gasteiger partial charge >= 0.3 is 0 Å². The maximum Gasteiger partial charge on any atom is 0.288 e. The van der Waals surface area contributed by atoms with Crippen molar-refractivity contribution in [1.82, 2.24) is 15.8 Å². The van der Waals surface area contributed by atoms with E-state index in [9.17, 15) is 18.0 Å². The molecule has 2 heterocycles. The minimum Gasteiger partial charge on any atom is -0.273 e. The van der Waals surface area contributed by atoms with E-state index in [1.807, 2.05) is 0 Å². The number of aromatic nitrogens is 1. The Kier molecular flexibility index (Phi) is 4.33. The third-order valence-corrected chi connectivity index (χ3v) is 4.85. The van der Waals surface area contributed by atoms with Crippen LogP contribution in [0.3, 0.4) is 0 Å². The Morgan fingerprint density at radius 1 is 1.30 bits per heavy atom. The average molecular weight is 297 g/mol. The first kappa shape index (κ1) is 14.4. The van der Waals surface area contributed by atoms with Gasteiger partial charge in [-0.05, 0) is 24.5 Å². The van der Waals surface area contributed by atoms with Crippen molar-refractivity contribution in [3.05, 3.63) is 30.1 Å². The van der Waals surface area contributed by atoms with Crippen molar-refractivity contribution in [2.24, 2.45) is 5.92 Å². The lowest BCUT2D eigenvalue weighted by Crippen LogP contribution is -2.42. The number of hydrazine groups is 1. The summed E-state index contributed by atoms with van der Waals surface area (Å²) in [6.07, 6.45) is 2.05. The second kappa shape index (κ2) is 6.00. The summed E-state index contributed by atoms with van der Waals surface area (Å²) in [5.74, 6) is -0.930. The molecule has 8 heteroatoms. The van der Waals surface area contributed by atoms with E-state index in [-0.39, 0.29) is 29.5 Å². The van der Waals surface area contributed by atoms with Crippen molar-refractivity contribution in [2.75, 3.05) is 11.5 Å². The first-order valence-corrected chi connectivity index (χ1v) is 7.99. The first-order chi connectivity index (χ1) is 9.46. The van der Waals surface area contributed by atoms with Gasteiger partial charge in [0.1, 0.15) is 5.69 Å². The number of nitrogens with zero attached hydrogens (tertiary/aromatic N) is 1. The minimum atomic E-state index is -2.99. The summed E-state index contributed by atoms with van der Waals surface area (Å²) < 4.78 is 22.5. The molecule has 2 N–H and O–H groups in total. The number of nitrogens with one attached hydrogen (secondary N) is 2. The molecule has 1 aliphatic rings. The zero-order chi connectivity index (χ0) is 14.6. The Balaban J connectivity index is 1.77. The molecule has 20 heavy (non-hydrogen) atoms. The highest BCUT2D eigenvalue weighted by molar-refractivity contribution is 7.91. The molecule has 1 aromatic heterocycles. The van der Waals surface area contributed by atoms with Gasteiger partial charge < -0.3 is 0 Å². The Labute approximate surface area is 116 Å². The summed E-state index contributed by atoms with van der Waals surface area (Å²) in [6, 6.07) is 4.86. The van der Waals surface area contributed by atoms with E-state index < -0.39 is 21.7 Å². The van der Waals surface area contributed by atoms with Gasteiger partial charge in [0.2, 0.25) is 5.91 Å². The van der Waals surface area contributed by atoms with Gasteiger partial charge in [0.25, 0.3) is 5.91 Å². The van der Waals surface area contributed by atoms with E-state index in [0.717, 1.165) is 0 Å². The van der Waals surface area contributed by atoms with Crippen LogP contribution in [0.5, 0.6) is 0 Å². The van der Waals surface area contributed by atoms with Crippen LogP contribution >= 0.6 is 0 Å². The molecule has 1 aliphatic heterocycles. The number of rotatable bonds is 3. The lowest BCUT2D eigenvalue weighted by Gasteiger charge is -2.09. The fourth-order valence-corrected chi connectivity index (χ4v) is 3.90. The summed E-state index contributed by atoms with van der Waals surface area (Å²) in [5.41, 5.74) is 4.70. The molecule has 108 valence electrons. The van der Waals surface area contributed by atoms with Crippen molar-refractivity contribution in [1.29, 1.82) is 0 Å². The molecule has 1 fully saturated rings. The van der Waals surface area contributed by atoms with Gasteiger partial charge in [-0.1, -0.05) is 6.07 Å². The molecule has 7 nitrogen and oxygen atoms in total. The average Bonchev–Trinajstić information content (AvgIpc) is 2.76. The van der Waals surface area contributed by atoms with Crippen LogP contribution in [0.15, 0.2) is 24.4 Å². The molecule has 0 aromatic carbocycles. The molecule has 0 radical (unpaired) electrons. The molecule has 1 saturated heterocycles. The van der Waals surface area contributed by atoms with E-state index in [0.29, 0.717) is 6.42 Å². The summed E-state index contributed by atoms with van der Waals surface area (Å²) in [5, 5.41) is 0. The molecule has 1 atom stereocenters. The topological polar surface area (TPSA) is 105 Å². The molecule has 1 aromatic rings. The smallest absolute Gasteiger partial charge is 0.273 e. The van der Waals surface area contributed by atoms with Gasteiger partial charge in [-0.3, -0.25) is 25.4 Å². The summed E-state index contributed by atoms with van der Waals surface area (Å²) in [6.45, 7) is 0. The zero-order valence-corrected chi connectivity index (χ0v) is 11.5. The molecule has 0 bridgehead atoms. The predicted octanol–water partition coefficient (Wildman–Crippen LogP) is -0.333. The van der Waals surface area contributed by atoms with Crippen LogP contribution < -0.4 is 10.9 Å². The number of carbonyl (C=O) groups excluding carboxylic acids is 2. The maximum absolute atomic E-state index is 11.6. The summed E-state index contributed by atoms with van der Waals surface area (Å²) in [4.78, 5) is 27.0. The van der Waals surface area contributed by atoms with Crippen molar-refractivity contribution in [3.8, 4) is 0 Å². The fourth-order valence-electron chi connectivity index (χ4n) is 2.03. The standard InChI is InChI=1S/C12H15N3O4S/c16-11(7-9-4-6-20(18,19)8-9)14-15-12(17)10-3-1-2-5-13-10/h1-3,5,9H,4,6-8H2,(H,14,16)(H,15,17)/t9-/m0/s1. The van der Waals surface area contributed by atoms with E-state index in [2.05, 4.69) is 15.8 Å². The summed E-state index contributed by atoms with van der Waals surface area (Å²) in [7, 11) is -2.99. The highest BCUT2D eigenvalue weighted by atomic mass is 32.2. The highest BCUT2D eigenvalue weighted by Crippen LogP contribution is 2.21. The molecule has 2 amide bonds. The van der Waals surface area contributed by atoms with Crippen LogP contribution in [0.4, 0.5) is 0 Å². The van der Waals surface area contributed by atoms with Crippen molar-refractivity contribution in [3.63, 3.8) is 0 Å². The molecular weight excluding hydrogens is 282 g/mol. The monoisotopic (exact) mass is 297 g/mol.